The van der Waals surface area contributed by atoms with E-state index in [4.69, 9.17) is 5.11 Å². The van der Waals surface area contributed by atoms with Gasteiger partial charge in [-0.2, -0.15) is 0 Å². The van der Waals surface area contributed by atoms with Crippen LogP contribution in [0, 0.1) is 10.4 Å². The Bertz CT molecular complexity index is 152. The molecule has 6 nitrogen and oxygen atoms in total. The van der Waals surface area contributed by atoms with Crippen LogP contribution in [0.2, 0.25) is 0 Å². The first-order valence-corrected chi connectivity index (χ1v) is 2.97. The van der Waals surface area contributed by atoms with Gasteiger partial charge in [0.15, 0.2) is 0 Å². The molecule has 11 heavy (non-hydrogen) atoms. The van der Waals surface area contributed by atoms with E-state index in [1.54, 1.807) is 0 Å². The molecule has 7 heteroatoms. The molecule has 0 unspecified atom stereocenters. The molecular formula is C4H8N3NaO3. The van der Waals surface area contributed by atoms with Gasteiger partial charge in [0.2, 0.25) is 0 Å². The molecule has 1 N–H and O–H groups in total. The van der Waals surface area contributed by atoms with E-state index >= 15 is 0 Å². The average Bonchev–Trinajstić information content (AvgIpc) is 1.86. The molecule has 1 saturated heterocycles. The second kappa shape index (κ2) is 4.76. The Morgan fingerprint density at radius 3 is 2.64 bits per heavy atom. The molecule has 1 aliphatic rings. The van der Waals surface area contributed by atoms with E-state index < -0.39 is 0 Å². The molecule has 0 spiro atoms. The Kier molecular flexibility index (Phi) is 4.74. The second-order valence-electron chi connectivity index (χ2n) is 2.12. The normalized spacial score (nSPS) is 23.9. The molecule has 0 aliphatic carbocycles. The average molecular weight is 169 g/mol. The van der Waals surface area contributed by atoms with Crippen LogP contribution in [0.15, 0.2) is 5.28 Å². The summed E-state index contributed by atoms with van der Waals surface area (Å²) in [4.78, 5) is -0.0234. The zero-order chi connectivity index (χ0) is 7.56. The first-order valence-electron chi connectivity index (χ1n) is 2.97. The van der Waals surface area contributed by atoms with Crippen LogP contribution in [0.1, 0.15) is 6.42 Å². The summed E-state index contributed by atoms with van der Waals surface area (Å²) in [5.41, 5.74) is 0. The van der Waals surface area contributed by atoms with Crippen molar-refractivity contribution in [2.45, 2.75) is 12.5 Å². The number of hydrogen-bond donors (Lipinski definition) is 1. The molecular weight excluding hydrogens is 161 g/mol. The summed E-state index contributed by atoms with van der Waals surface area (Å²) in [7, 11) is 0. The van der Waals surface area contributed by atoms with Crippen molar-refractivity contribution in [3.8, 4) is 0 Å². The Morgan fingerprint density at radius 1 is 1.73 bits per heavy atom. The predicted octanol–water partition coefficient (Wildman–Crippen LogP) is -3.57. The van der Waals surface area contributed by atoms with E-state index in [-0.39, 0.29) is 47.2 Å². The van der Waals surface area contributed by atoms with Crippen molar-refractivity contribution in [3.63, 3.8) is 0 Å². The molecule has 1 rings (SSSR count). The van der Waals surface area contributed by atoms with Gasteiger partial charge in [-0.15, -0.1) is 5.01 Å². The van der Waals surface area contributed by atoms with Crippen molar-refractivity contribution in [2.75, 3.05) is 13.2 Å². The first-order chi connectivity index (χ1) is 4.79. The van der Waals surface area contributed by atoms with Crippen LogP contribution >= 0.6 is 0 Å². The van der Waals surface area contributed by atoms with E-state index in [0.717, 1.165) is 6.42 Å². The largest absolute Gasteiger partial charge is 1.00 e. The van der Waals surface area contributed by atoms with Crippen molar-refractivity contribution >= 4 is 0 Å². The molecule has 0 aromatic heterocycles. The molecule has 1 heterocycles. The van der Waals surface area contributed by atoms with Gasteiger partial charge in [0, 0.05) is 4.97 Å². The Balaban J connectivity index is 0.000001000. The standard InChI is InChI=1S/C4H9N3O3.Na/c8-3-4-1-2-6(4)7(10)5-9;/h4,8-9H,1-3H2;/q;+1/p-1/b7-5+;/t4-;/m0./s1. The van der Waals surface area contributed by atoms with E-state index in [1.807, 2.05) is 0 Å². The summed E-state index contributed by atoms with van der Waals surface area (Å²) in [5.74, 6) is 0. The van der Waals surface area contributed by atoms with Crippen LogP contribution in [0.5, 0.6) is 0 Å². The van der Waals surface area contributed by atoms with Crippen LogP contribution < -0.4 is 29.6 Å². The minimum atomic E-state index is -0.213. The van der Waals surface area contributed by atoms with Crippen molar-refractivity contribution in [3.05, 3.63) is 10.4 Å². The van der Waals surface area contributed by atoms with E-state index in [1.165, 1.54) is 5.01 Å². The molecule has 0 aromatic carbocycles. The summed E-state index contributed by atoms with van der Waals surface area (Å²) < 4.78 is 0. The van der Waals surface area contributed by atoms with Crippen LogP contribution in [0.25, 0.3) is 0 Å². The summed E-state index contributed by atoms with van der Waals surface area (Å²) in [6, 6.07) is -0.213. The van der Waals surface area contributed by atoms with E-state index in [0.29, 0.717) is 6.54 Å². The quantitative estimate of drug-likeness (QED) is 0.200. The number of aliphatic hydroxyl groups is 1. The zero-order valence-electron chi connectivity index (χ0n) is 6.30. The number of aliphatic hydroxyl groups excluding tert-OH is 1. The SMILES string of the molecule is [Na+].[O-]/N=[N+](/[O-])N1CC[C@H]1CO. The molecule has 58 valence electrons. The number of hydrazine groups is 1. The zero-order valence-corrected chi connectivity index (χ0v) is 8.30. The molecule has 0 amide bonds. The fraction of sp³-hybridized carbons (Fsp3) is 1.00. The molecule has 0 radical (unpaired) electrons. The van der Waals surface area contributed by atoms with Crippen LogP contribution in [-0.4, -0.2) is 34.3 Å². The third kappa shape index (κ3) is 2.19. The fourth-order valence-electron chi connectivity index (χ4n) is 0.885. The number of rotatable bonds is 2. The summed E-state index contributed by atoms with van der Waals surface area (Å²) in [6.07, 6.45) is 0.741. The van der Waals surface area contributed by atoms with Gasteiger partial charge >= 0.3 is 29.6 Å². The van der Waals surface area contributed by atoms with Gasteiger partial charge in [-0.1, -0.05) is 0 Å². The van der Waals surface area contributed by atoms with Crippen molar-refractivity contribution in [1.29, 1.82) is 0 Å². The van der Waals surface area contributed by atoms with Crippen molar-refractivity contribution in [1.82, 2.24) is 5.01 Å². The van der Waals surface area contributed by atoms with Crippen molar-refractivity contribution < 1.29 is 39.6 Å². The van der Waals surface area contributed by atoms with Crippen molar-refractivity contribution in [2.24, 2.45) is 5.28 Å². The summed E-state index contributed by atoms with van der Waals surface area (Å²) in [6.45, 7) is 0.398. The summed E-state index contributed by atoms with van der Waals surface area (Å²) in [5, 5.41) is 31.9. The van der Waals surface area contributed by atoms with E-state index in [2.05, 4.69) is 5.28 Å². The Labute approximate surface area is 85.9 Å². The maximum atomic E-state index is 10.4. The monoisotopic (exact) mass is 169 g/mol. The molecule has 0 saturated carbocycles. The first kappa shape index (κ1) is 11.0. The smallest absolute Gasteiger partial charge is 0.737 e. The van der Waals surface area contributed by atoms with Gasteiger partial charge in [0.25, 0.3) is 0 Å². The summed E-state index contributed by atoms with van der Waals surface area (Å²) >= 11 is 0. The van der Waals surface area contributed by atoms with Gasteiger partial charge in [-0.05, 0) is 11.7 Å². The molecule has 1 atom stereocenters. The number of hydrogen-bond acceptors (Lipinski definition) is 4. The maximum Gasteiger partial charge on any atom is 1.00 e. The molecule has 1 fully saturated rings. The molecule has 0 aromatic rings. The van der Waals surface area contributed by atoms with Crippen LogP contribution in [-0.2, 0) is 0 Å². The van der Waals surface area contributed by atoms with Gasteiger partial charge in [-0.3, -0.25) is 0 Å². The van der Waals surface area contributed by atoms with Crippen LogP contribution in [0.3, 0.4) is 0 Å². The maximum absolute atomic E-state index is 10.4. The van der Waals surface area contributed by atoms with Gasteiger partial charge in [-0.25, -0.2) is 0 Å². The van der Waals surface area contributed by atoms with E-state index in [9.17, 15) is 10.4 Å². The van der Waals surface area contributed by atoms with Crippen LogP contribution in [0.4, 0.5) is 0 Å². The third-order valence-corrected chi connectivity index (χ3v) is 1.61. The molecule has 1 aliphatic heterocycles. The van der Waals surface area contributed by atoms with Gasteiger partial charge in [0.1, 0.15) is 6.04 Å². The topological polar surface area (TPSA) is 85.0 Å². The van der Waals surface area contributed by atoms with Gasteiger partial charge < -0.3 is 15.5 Å². The second-order valence-corrected chi connectivity index (χ2v) is 2.12. The number of nitrogens with zero attached hydrogens (tertiary/aromatic N) is 3. The minimum Gasteiger partial charge on any atom is -0.737 e. The Hall–Kier alpha value is -0.0400. The molecule has 0 bridgehead atoms. The Morgan fingerprint density at radius 2 is 2.36 bits per heavy atom. The van der Waals surface area contributed by atoms with Gasteiger partial charge in [0.05, 0.1) is 13.2 Å². The predicted molar refractivity (Wildman–Crippen MR) is 31.6 cm³/mol. The fourth-order valence-corrected chi connectivity index (χ4v) is 0.885. The third-order valence-electron chi connectivity index (χ3n) is 1.61. The minimum absolute atomic E-state index is 0.